The molecule has 0 aliphatic carbocycles. The molecule has 0 aliphatic rings. The molecule has 1 heterocycles. The molecular weight excluding hydrogens is 204 g/mol. The first-order valence-corrected chi connectivity index (χ1v) is 5.81. The minimum Gasteiger partial charge on any atom is -0.393 e. The van der Waals surface area contributed by atoms with Gasteiger partial charge in [-0.15, -0.1) is 0 Å². The number of aromatic amines is 1. The summed E-state index contributed by atoms with van der Waals surface area (Å²) in [6, 6.07) is 1.48. The number of nitrogens with one attached hydrogen (secondary N) is 2. The van der Waals surface area contributed by atoms with Gasteiger partial charge >= 0.3 is 0 Å². The van der Waals surface area contributed by atoms with E-state index < -0.39 is 16.1 Å². The van der Waals surface area contributed by atoms with Crippen LogP contribution in [0.2, 0.25) is 0 Å². The Balaban J connectivity index is 2.52. The molecule has 1 aromatic heterocycles. The zero-order valence-electron chi connectivity index (χ0n) is 7.90. The van der Waals surface area contributed by atoms with Crippen molar-refractivity contribution in [2.24, 2.45) is 0 Å². The maximum Gasteiger partial charge on any atom is 0.242 e. The molecule has 3 N–H and O–H groups in total. The van der Waals surface area contributed by atoms with Crippen LogP contribution in [0.1, 0.15) is 13.3 Å². The van der Waals surface area contributed by atoms with E-state index in [-0.39, 0.29) is 11.4 Å². The van der Waals surface area contributed by atoms with Crippen LogP contribution in [0, 0.1) is 0 Å². The summed E-state index contributed by atoms with van der Waals surface area (Å²) < 4.78 is 25.3. The predicted octanol–water partition coefficient (Wildman–Crippen LogP) is 0.0639. The van der Waals surface area contributed by atoms with Crippen LogP contribution >= 0.6 is 0 Å². The molecule has 6 heteroatoms. The number of aliphatic hydroxyl groups excluding tert-OH is 1. The van der Waals surface area contributed by atoms with Gasteiger partial charge in [-0.25, -0.2) is 13.1 Å². The van der Waals surface area contributed by atoms with E-state index in [0.29, 0.717) is 6.42 Å². The summed E-state index contributed by atoms with van der Waals surface area (Å²) in [5, 5.41) is 8.94. The number of H-pyrrole nitrogens is 1. The zero-order valence-corrected chi connectivity index (χ0v) is 8.71. The lowest BCUT2D eigenvalue weighted by molar-refractivity contribution is 0.186. The molecule has 0 amide bonds. The number of aliphatic hydroxyl groups is 1. The lowest BCUT2D eigenvalue weighted by Crippen LogP contribution is -2.26. The molecule has 0 saturated heterocycles. The quantitative estimate of drug-likeness (QED) is 0.653. The molecule has 0 aliphatic heterocycles. The van der Waals surface area contributed by atoms with Crippen molar-refractivity contribution in [3.05, 3.63) is 18.5 Å². The lowest BCUT2D eigenvalue weighted by atomic mass is 10.3. The first-order valence-electron chi connectivity index (χ1n) is 4.33. The summed E-state index contributed by atoms with van der Waals surface area (Å²) in [7, 11) is -3.40. The molecule has 0 bridgehead atoms. The summed E-state index contributed by atoms with van der Waals surface area (Å²) in [5.74, 6) is 0. The Bertz CT molecular complexity index is 356. The van der Waals surface area contributed by atoms with Crippen LogP contribution in [0.4, 0.5) is 0 Å². The number of hydrogen-bond donors (Lipinski definition) is 3. The van der Waals surface area contributed by atoms with Crippen LogP contribution < -0.4 is 4.72 Å². The van der Waals surface area contributed by atoms with Crippen LogP contribution in [0.25, 0.3) is 0 Å². The van der Waals surface area contributed by atoms with Gasteiger partial charge in [0, 0.05) is 18.9 Å². The van der Waals surface area contributed by atoms with Gasteiger partial charge in [0.2, 0.25) is 10.0 Å². The Kier molecular flexibility index (Phi) is 3.68. The average Bonchev–Trinajstić information content (AvgIpc) is 2.54. The molecule has 1 atom stereocenters. The van der Waals surface area contributed by atoms with Gasteiger partial charge in [0.1, 0.15) is 0 Å². The largest absolute Gasteiger partial charge is 0.393 e. The van der Waals surface area contributed by atoms with Crippen molar-refractivity contribution in [3.8, 4) is 0 Å². The molecule has 0 saturated carbocycles. The van der Waals surface area contributed by atoms with Crippen molar-refractivity contribution in [2.45, 2.75) is 24.3 Å². The second kappa shape index (κ2) is 4.59. The monoisotopic (exact) mass is 218 g/mol. The highest BCUT2D eigenvalue weighted by Crippen LogP contribution is 2.05. The SMILES string of the molecule is CC(O)CCNS(=O)(=O)c1cc[nH]c1. The molecule has 1 unspecified atom stereocenters. The van der Waals surface area contributed by atoms with Gasteiger partial charge in [0.15, 0.2) is 0 Å². The fourth-order valence-electron chi connectivity index (χ4n) is 0.961. The molecule has 0 radical (unpaired) electrons. The van der Waals surface area contributed by atoms with Gasteiger partial charge in [-0.1, -0.05) is 0 Å². The third-order valence-electron chi connectivity index (χ3n) is 1.73. The van der Waals surface area contributed by atoms with Crippen molar-refractivity contribution < 1.29 is 13.5 Å². The molecule has 5 nitrogen and oxygen atoms in total. The molecule has 0 fully saturated rings. The highest BCUT2D eigenvalue weighted by molar-refractivity contribution is 7.89. The maximum absolute atomic E-state index is 11.5. The Morgan fingerprint density at radius 3 is 2.86 bits per heavy atom. The van der Waals surface area contributed by atoms with E-state index >= 15 is 0 Å². The molecule has 80 valence electrons. The van der Waals surface area contributed by atoms with E-state index in [9.17, 15) is 8.42 Å². The Hall–Kier alpha value is -0.850. The molecule has 0 spiro atoms. The Morgan fingerprint density at radius 1 is 1.64 bits per heavy atom. The first-order chi connectivity index (χ1) is 6.52. The molecule has 0 aromatic carbocycles. The summed E-state index contributed by atoms with van der Waals surface area (Å²) in [6.07, 6.45) is 2.86. The summed E-state index contributed by atoms with van der Waals surface area (Å²) in [5.41, 5.74) is 0. The van der Waals surface area contributed by atoms with Crippen molar-refractivity contribution in [1.82, 2.24) is 9.71 Å². The second-order valence-electron chi connectivity index (χ2n) is 3.08. The normalized spacial score (nSPS) is 14.1. The number of rotatable bonds is 5. The van der Waals surface area contributed by atoms with Crippen LogP contribution in [0.3, 0.4) is 0 Å². The van der Waals surface area contributed by atoms with E-state index in [0.717, 1.165) is 0 Å². The summed E-state index contributed by atoms with van der Waals surface area (Å²) in [4.78, 5) is 2.88. The van der Waals surface area contributed by atoms with E-state index in [2.05, 4.69) is 9.71 Å². The smallest absolute Gasteiger partial charge is 0.242 e. The number of sulfonamides is 1. The van der Waals surface area contributed by atoms with E-state index in [1.807, 2.05) is 0 Å². The van der Waals surface area contributed by atoms with Gasteiger partial charge in [-0.3, -0.25) is 0 Å². The average molecular weight is 218 g/mol. The highest BCUT2D eigenvalue weighted by Gasteiger charge is 2.13. The summed E-state index contributed by atoms with van der Waals surface area (Å²) >= 11 is 0. The number of hydrogen-bond acceptors (Lipinski definition) is 3. The summed E-state index contributed by atoms with van der Waals surface area (Å²) in [6.45, 7) is 1.86. The van der Waals surface area contributed by atoms with Crippen LogP contribution in [-0.2, 0) is 10.0 Å². The lowest BCUT2D eigenvalue weighted by Gasteiger charge is -2.05. The fraction of sp³-hybridized carbons (Fsp3) is 0.500. The van der Waals surface area contributed by atoms with Gasteiger partial charge in [0.25, 0.3) is 0 Å². The molecule has 14 heavy (non-hydrogen) atoms. The van der Waals surface area contributed by atoms with Crippen molar-refractivity contribution in [3.63, 3.8) is 0 Å². The second-order valence-corrected chi connectivity index (χ2v) is 4.85. The van der Waals surface area contributed by atoms with E-state index in [1.54, 1.807) is 13.1 Å². The third-order valence-corrected chi connectivity index (χ3v) is 3.19. The Morgan fingerprint density at radius 2 is 2.36 bits per heavy atom. The minimum atomic E-state index is -3.40. The predicted molar refractivity (Wildman–Crippen MR) is 52.3 cm³/mol. The van der Waals surface area contributed by atoms with Crippen molar-refractivity contribution in [2.75, 3.05) is 6.54 Å². The fourth-order valence-corrected chi connectivity index (χ4v) is 1.98. The topological polar surface area (TPSA) is 82.2 Å². The molecule has 1 rings (SSSR count). The standard InChI is InChI=1S/C8H14N2O3S/c1-7(11)2-5-10-14(12,13)8-3-4-9-6-8/h3-4,6-7,9-11H,2,5H2,1H3. The first kappa shape index (κ1) is 11.2. The van der Waals surface area contributed by atoms with Crippen LogP contribution in [-0.4, -0.2) is 31.2 Å². The Labute approximate surface area is 83.2 Å². The zero-order chi connectivity index (χ0) is 10.6. The van der Waals surface area contributed by atoms with E-state index in [1.165, 1.54) is 12.3 Å². The van der Waals surface area contributed by atoms with Gasteiger partial charge < -0.3 is 10.1 Å². The van der Waals surface area contributed by atoms with Gasteiger partial charge in [-0.2, -0.15) is 0 Å². The molecular formula is C8H14N2O3S. The molecule has 1 aromatic rings. The van der Waals surface area contributed by atoms with Gasteiger partial charge in [-0.05, 0) is 19.4 Å². The van der Waals surface area contributed by atoms with Crippen LogP contribution in [0.5, 0.6) is 0 Å². The van der Waals surface area contributed by atoms with Crippen LogP contribution in [0.15, 0.2) is 23.4 Å². The third kappa shape index (κ3) is 3.13. The van der Waals surface area contributed by atoms with E-state index in [4.69, 9.17) is 5.11 Å². The van der Waals surface area contributed by atoms with Gasteiger partial charge in [0.05, 0.1) is 11.0 Å². The van der Waals surface area contributed by atoms with Crippen molar-refractivity contribution in [1.29, 1.82) is 0 Å². The maximum atomic E-state index is 11.5. The number of aromatic nitrogens is 1. The minimum absolute atomic E-state index is 0.211. The van der Waals surface area contributed by atoms with Crippen molar-refractivity contribution >= 4 is 10.0 Å². The highest BCUT2D eigenvalue weighted by atomic mass is 32.2.